The van der Waals surface area contributed by atoms with Gasteiger partial charge in [-0.1, -0.05) is 0 Å². The van der Waals surface area contributed by atoms with Gasteiger partial charge in [0.1, 0.15) is 5.82 Å². The monoisotopic (exact) mass is 252 g/mol. The van der Waals surface area contributed by atoms with Crippen molar-refractivity contribution in [2.75, 3.05) is 28.7 Å². The van der Waals surface area contributed by atoms with Crippen LogP contribution in [0.5, 0.6) is 0 Å². The normalized spacial score (nSPS) is 16.8. The number of nitrogens with one attached hydrogen (secondary N) is 2. The first kappa shape index (κ1) is 12.5. The van der Waals surface area contributed by atoms with Gasteiger partial charge in [0, 0.05) is 24.3 Å². The SMILES string of the molecule is CCNc1nc(C)cc(NC2CCSCC2)n1. The zero-order valence-corrected chi connectivity index (χ0v) is 11.3. The fourth-order valence-electron chi connectivity index (χ4n) is 1.93. The molecule has 2 heterocycles. The van der Waals surface area contributed by atoms with Crippen LogP contribution in [0.1, 0.15) is 25.5 Å². The maximum absolute atomic E-state index is 4.48. The smallest absolute Gasteiger partial charge is 0.224 e. The van der Waals surface area contributed by atoms with Crippen LogP contribution >= 0.6 is 11.8 Å². The minimum atomic E-state index is 0.569. The lowest BCUT2D eigenvalue weighted by Crippen LogP contribution is -2.25. The number of thioether (sulfide) groups is 1. The summed E-state index contributed by atoms with van der Waals surface area (Å²) < 4.78 is 0. The van der Waals surface area contributed by atoms with E-state index in [9.17, 15) is 0 Å². The molecular weight excluding hydrogens is 232 g/mol. The summed E-state index contributed by atoms with van der Waals surface area (Å²) in [6.45, 7) is 4.91. The first-order chi connectivity index (χ1) is 8.28. The van der Waals surface area contributed by atoms with Gasteiger partial charge in [0.15, 0.2) is 0 Å². The number of hydrogen-bond acceptors (Lipinski definition) is 5. The third-order valence-corrected chi connectivity index (χ3v) is 3.81. The molecule has 0 saturated carbocycles. The molecule has 94 valence electrons. The van der Waals surface area contributed by atoms with Gasteiger partial charge in [-0.3, -0.25) is 0 Å². The van der Waals surface area contributed by atoms with Crippen molar-refractivity contribution in [3.05, 3.63) is 11.8 Å². The standard InChI is InChI=1S/C12H20N4S/c1-3-13-12-14-9(2)8-11(16-12)15-10-4-6-17-7-5-10/h8,10H,3-7H2,1-2H3,(H2,13,14,15,16). The Morgan fingerprint density at radius 3 is 2.82 bits per heavy atom. The summed E-state index contributed by atoms with van der Waals surface area (Å²) in [7, 11) is 0. The van der Waals surface area contributed by atoms with E-state index in [1.54, 1.807) is 0 Å². The summed E-state index contributed by atoms with van der Waals surface area (Å²) >= 11 is 2.04. The molecule has 0 aromatic carbocycles. The Morgan fingerprint density at radius 2 is 2.12 bits per heavy atom. The van der Waals surface area contributed by atoms with Crippen LogP contribution in [0.4, 0.5) is 11.8 Å². The van der Waals surface area contributed by atoms with Gasteiger partial charge in [-0.2, -0.15) is 16.7 Å². The number of aromatic nitrogens is 2. The molecule has 0 bridgehead atoms. The van der Waals surface area contributed by atoms with Crippen molar-refractivity contribution in [3.8, 4) is 0 Å². The number of aryl methyl sites for hydroxylation is 1. The molecule has 0 aliphatic carbocycles. The number of nitrogens with zero attached hydrogens (tertiary/aromatic N) is 2. The summed E-state index contributed by atoms with van der Waals surface area (Å²) in [5.74, 6) is 4.18. The fourth-order valence-corrected chi connectivity index (χ4v) is 3.04. The van der Waals surface area contributed by atoms with Crippen molar-refractivity contribution in [1.29, 1.82) is 0 Å². The van der Waals surface area contributed by atoms with Gasteiger partial charge in [0.25, 0.3) is 0 Å². The van der Waals surface area contributed by atoms with E-state index in [2.05, 4.69) is 27.5 Å². The fraction of sp³-hybridized carbons (Fsp3) is 0.667. The number of hydrogen-bond donors (Lipinski definition) is 2. The molecule has 0 unspecified atom stereocenters. The lowest BCUT2D eigenvalue weighted by molar-refractivity contribution is 0.663. The first-order valence-electron chi connectivity index (χ1n) is 6.21. The van der Waals surface area contributed by atoms with E-state index >= 15 is 0 Å². The second-order valence-electron chi connectivity index (χ2n) is 4.28. The average molecular weight is 252 g/mol. The second kappa shape index (κ2) is 6.10. The maximum atomic E-state index is 4.48. The van der Waals surface area contributed by atoms with E-state index in [4.69, 9.17) is 0 Å². The van der Waals surface area contributed by atoms with Crippen molar-refractivity contribution in [3.63, 3.8) is 0 Å². The van der Waals surface area contributed by atoms with Crippen LogP contribution in [0.2, 0.25) is 0 Å². The lowest BCUT2D eigenvalue weighted by Gasteiger charge is -2.23. The predicted octanol–water partition coefficient (Wildman–Crippen LogP) is 2.52. The molecule has 0 spiro atoms. The highest BCUT2D eigenvalue weighted by Crippen LogP contribution is 2.20. The highest BCUT2D eigenvalue weighted by atomic mass is 32.2. The van der Waals surface area contributed by atoms with Gasteiger partial charge >= 0.3 is 0 Å². The van der Waals surface area contributed by atoms with Crippen LogP contribution in [-0.2, 0) is 0 Å². The molecule has 4 nitrogen and oxygen atoms in total. The van der Waals surface area contributed by atoms with Crippen molar-refractivity contribution >= 4 is 23.5 Å². The van der Waals surface area contributed by atoms with E-state index in [-0.39, 0.29) is 0 Å². The van der Waals surface area contributed by atoms with Gasteiger partial charge in [0.05, 0.1) is 0 Å². The molecule has 0 amide bonds. The summed E-state index contributed by atoms with van der Waals surface area (Å²) in [6.07, 6.45) is 2.45. The zero-order valence-electron chi connectivity index (χ0n) is 10.5. The molecule has 1 aliphatic heterocycles. The number of anilines is 2. The Balaban J connectivity index is 2.03. The molecule has 1 saturated heterocycles. The zero-order chi connectivity index (χ0) is 12.1. The third kappa shape index (κ3) is 3.77. The largest absolute Gasteiger partial charge is 0.367 e. The summed E-state index contributed by atoms with van der Waals surface area (Å²) in [6, 6.07) is 2.59. The third-order valence-electron chi connectivity index (χ3n) is 2.76. The van der Waals surface area contributed by atoms with Crippen LogP contribution in [-0.4, -0.2) is 34.1 Å². The van der Waals surface area contributed by atoms with Gasteiger partial charge < -0.3 is 10.6 Å². The summed E-state index contributed by atoms with van der Waals surface area (Å²) in [5, 5.41) is 6.68. The molecule has 1 aliphatic rings. The van der Waals surface area contributed by atoms with E-state index in [1.807, 2.05) is 24.8 Å². The molecule has 0 atom stereocenters. The van der Waals surface area contributed by atoms with E-state index in [0.717, 1.165) is 24.0 Å². The van der Waals surface area contributed by atoms with Gasteiger partial charge in [-0.25, -0.2) is 4.98 Å². The highest BCUT2D eigenvalue weighted by Gasteiger charge is 2.14. The Kier molecular flexibility index (Phi) is 4.48. The molecule has 2 N–H and O–H groups in total. The van der Waals surface area contributed by atoms with Crippen molar-refractivity contribution in [2.24, 2.45) is 0 Å². The predicted molar refractivity (Wildman–Crippen MR) is 74.9 cm³/mol. The van der Waals surface area contributed by atoms with Gasteiger partial charge in [-0.15, -0.1) is 0 Å². The maximum Gasteiger partial charge on any atom is 0.224 e. The highest BCUT2D eigenvalue weighted by molar-refractivity contribution is 7.99. The first-order valence-corrected chi connectivity index (χ1v) is 7.37. The number of rotatable bonds is 4. The van der Waals surface area contributed by atoms with Crippen LogP contribution in [0, 0.1) is 6.92 Å². The van der Waals surface area contributed by atoms with E-state index in [0.29, 0.717) is 6.04 Å². The van der Waals surface area contributed by atoms with Crippen molar-refractivity contribution in [1.82, 2.24) is 9.97 Å². The minimum Gasteiger partial charge on any atom is -0.367 e. The molecule has 1 fully saturated rings. The van der Waals surface area contributed by atoms with Crippen LogP contribution in [0.3, 0.4) is 0 Å². The van der Waals surface area contributed by atoms with Gasteiger partial charge in [0.2, 0.25) is 5.95 Å². The molecule has 0 radical (unpaired) electrons. The second-order valence-corrected chi connectivity index (χ2v) is 5.50. The van der Waals surface area contributed by atoms with Crippen LogP contribution in [0.25, 0.3) is 0 Å². The van der Waals surface area contributed by atoms with Crippen LogP contribution in [0.15, 0.2) is 6.07 Å². The summed E-state index contributed by atoms with van der Waals surface area (Å²) in [4.78, 5) is 8.83. The average Bonchev–Trinajstić information content (AvgIpc) is 2.30. The Labute approximate surface area is 107 Å². The molecular formula is C12H20N4S. The molecule has 2 rings (SSSR count). The Bertz CT molecular complexity index is 364. The Hall–Kier alpha value is -0.970. The van der Waals surface area contributed by atoms with Crippen molar-refractivity contribution < 1.29 is 0 Å². The van der Waals surface area contributed by atoms with Crippen molar-refractivity contribution in [2.45, 2.75) is 32.7 Å². The summed E-state index contributed by atoms with van der Waals surface area (Å²) in [5.41, 5.74) is 1.00. The van der Waals surface area contributed by atoms with E-state index in [1.165, 1.54) is 24.3 Å². The quantitative estimate of drug-likeness (QED) is 0.862. The molecule has 17 heavy (non-hydrogen) atoms. The van der Waals surface area contributed by atoms with Gasteiger partial charge in [-0.05, 0) is 38.2 Å². The molecule has 1 aromatic heterocycles. The lowest BCUT2D eigenvalue weighted by atomic mass is 10.1. The molecule has 1 aromatic rings. The Morgan fingerprint density at radius 1 is 1.35 bits per heavy atom. The topological polar surface area (TPSA) is 49.8 Å². The minimum absolute atomic E-state index is 0.569. The molecule has 5 heteroatoms. The van der Waals surface area contributed by atoms with Crippen LogP contribution < -0.4 is 10.6 Å². The van der Waals surface area contributed by atoms with E-state index < -0.39 is 0 Å².